The molecule has 0 aliphatic heterocycles. The molecule has 0 aliphatic rings. The highest BCUT2D eigenvalue weighted by Crippen LogP contribution is 2.16. The van der Waals surface area contributed by atoms with Crippen molar-refractivity contribution in [1.29, 1.82) is 0 Å². The molecule has 72 valence electrons. The number of carboxylic acid groups (broad SMARTS) is 1. The van der Waals surface area contributed by atoms with E-state index in [0.717, 1.165) is 0 Å². The molecule has 0 saturated heterocycles. The van der Waals surface area contributed by atoms with Gasteiger partial charge < -0.3 is 15.8 Å². The van der Waals surface area contributed by atoms with Crippen LogP contribution in [0.15, 0.2) is 18.2 Å². The first kappa shape index (κ1) is 8.36. The zero-order valence-electron chi connectivity index (χ0n) is 7.11. The van der Waals surface area contributed by atoms with Crippen LogP contribution in [0.4, 0.5) is 16.4 Å². The maximum atomic E-state index is 10.3. The Morgan fingerprint density at radius 2 is 2.36 bits per heavy atom. The Hall–Kier alpha value is -2.24. The van der Waals surface area contributed by atoms with Gasteiger partial charge in [-0.25, -0.2) is 9.78 Å². The second-order valence-electron chi connectivity index (χ2n) is 2.79. The van der Waals surface area contributed by atoms with Crippen molar-refractivity contribution in [3.63, 3.8) is 0 Å². The van der Waals surface area contributed by atoms with E-state index in [9.17, 15) is 4.79 Å². The first-order chi connectivity index (χ1) is 6.65. The molecule has 0 radical (unpaired) electrons. The van der Waals surface area contributed by atoms with Crippen molar-refractivity contribution in [1.82, 2.24) is 9.97 Å². The fourth-order valence-corrected chi connectivity index (χ4v) is 1.19. The van der Waals surface area contributed by atoms with Crippen LogP contribution in [0.25, 0.3) is 11.0 Å². The van der Waals surface area contributed by atoms with Gasteiger partial charge in [-0.05, 0) is 18.2 Å². The first-order valence-corrected chi connectivity index (χ1v) is 3.90. The SMILES string of the molecule is Nc1ccc2nc(NC(=O)O)[nH]c2c1. The van der Waals surface area contributed by atoms with E-state index in [1.807, 2.05) is 0 Å². The summed E-state index contributed by atoms with van der Waals surface area (Å²) >= 11 is 0. The van der Waals surface area contributed by atoms with Gasteiger partial charge in [-0.15, -0.1) is 0 Å². The summed E-state index contributed by atoms with van der Waals surface area (Å²) in [5.74, 6) is 0.193. The van der Waals surface area contributed by atoms with Crippen LogP contribution in [0, 0.1) is 0 Å². The van der Waals surface area contributed by atoms with Crippen molar-refractivity contribution in [3.8, 4) is 0 Å². The minimum absolute atomic E-state index is 0.193. The molecule has 1 aromatic carbocycles. The van der Waals surface area contributed by atoms with Gasteiger partial charge >= 0.3 is 6.09 Å². The van der Waals surface area contributed by atoms with Gasteiger partial charge in [-0.2, -0.15) is 0 Å². The monoisotopic (exact) mass is 192 g/mol. The third-order valence-electron chi connectivity index (χ3n) is 1.73. The molecule has 2 aromatic rings. The molecule has 0 fully saturated rings. The molecule has 2 rings (SSSR count). The maximum absolute atomic E-state index is 10.3. The number of H-pyrrole nitrogens is 1. The molecule has 0 atom stereocenters. The Labute approximate surface area is 78.8 Å². The fourth-order valence-electron chi connectivity index (χ4n) is 1.19. The average molecular weight is 192 g/mol. The smallest absolute Gasteiger partial charge is 0.411 e. The minimum Gasteiger partial charge on any atom is -0.465 e. The van der Waals surface area contributed by atoms with Crippen molar-refractivity contribution < 1.29 is 9.90 Å². The first-order valence-electron chi connectivity index (χ1n) is 3.90. The molecular weight excluding hydrogens is 184 g/mol. The number of aromatic amines is 1. The highest BCUT2D eigenvalue weighted by molar-refractivity contribution is 5.86. The number of imidazole rings is 1. The molecule has 1 aromatic heterocycles. The third kappa shape index (κ3) is 1.45. The lowest BCUT2D eigenvalue weighted by Crippen LogP contribution is -2.08. The molecule has 6 nitrogen and oxygen atoms in total. The highest BCUT2D eigenvalue weighted by Gasteiger charge is 2.04. The quantitative estimate of drug-likeness (QED) is 0.510. The molecule has 0 bridgehead atoms. The van der Waals surface area contributed by atoms with Gasteiger partial charge in [0.15, 0.2) is 0 Å². The average Bonchev–Trinajstić information content (AvgIpc) is 2.44. The van der Waals surface area contributed by atoms with E-state index in [-0.39, 0.29) is 5.95 Å². The zero-order chi connectivity index (χ0) is 10.1. The number of anilines is 2. The number of hydrogen-bond donors (Lipinski definition) is 4. The summed E-state index contributed by atoms with van der Waals surface area (Å²) < 4.78 is 0. The molecule has 0 saturated carbocycles. The van der Waals surface area contributed by atoms with Crippen molar-refractivity contribution in [3.05, 3.63) is 18.2 Å². The van der Waals surface area contributed by atoms with Crippen LogP contribution in [0.3, 0.4) is 0 Å². The maximum Gasteiger partial charge on any atom is 0.411 e. The van der Waals surface area contributed by atoms with Crippen LogP contribution in [-0.2, 0) is 0 Å². The fraction of sp³-hybridized carbons (Fsp3) is 0. The molecule has 6 heteroatoms. The second kappa shape index (κ2) is 2.91. The number of nitrogens with one attached hydrogen (secondary N) is 2. The number of rotatable bonds is 1. The van der Waals surface area contributed by atoms with Crippen molar-refractivity contribution >= 4 is 28.8 Å². The molecule has 1 amide bonds. The molecule has 0 aliphatic carbocycles. The predicted molar refractivity (Wildman–Crippen MR) is 52.2 cm³/mol. The van der Waals surface area contributed by atoms with E-state index in [4.69, 9.17) is 10.8 Å². The molecule has 5 N–H and O–H groups in total. The summed E-state index contributed by atoms with van der Waals surface area (Å²) in [4.78, 5) is 17.1. The molecular formula is C8H8N4O2. The van der Waals surface area contributed by atoms with Gasteiger partial charge in [0.1, 0.15) is 0 Å². The van der Waals surface area contributed by atoms with E-state index < -0.39 is 6.09 Å². The summed E-state index contributed by atoms with van der Waals surface area (Å²) in [5, 5.41) is 10.6. The van der Waals surface area contributed by atoms with Crippen LogP contribution in [-0.4, -0.2) is 21.2 Å². The largest absolute Gasteiger partial charge is 0.465 e. The summed E-state index contributed by atoms with van der Waals surface area (Å²) in [6.07, 6.45) is -1.16. The number of nitrogens with two attached hydrogens (primary N) is 1. The lowest BCUT2D eigenvalue weighted by atomic mass is 10.3. The van der Waals surface area contributed by atoms with E-state index in [2.05, 4.69) is 15.3 Å². The van der Waals surface area contributed by atoms with Crippen LogP contribution in [0.2, 0.25) is 0 Å². The molecule has 0 unspecified atom stereocenters. The van der Waals surface area contributed by atoms with Crippen LogP contribution >= 0.6 is 0 Å². The highest BCUT2D eigenvalue weighted by atomic mass is 16.4. The molecule has 1 heterocycles. The van der Waals surface area contributed by atoms with Crippen molar-refractivity contribution in [2.45, 2.75) is 0 Å². The van der Waals surface area contributed by atoms with E-state index in [1.165, 1.54) is 0 Å². The summed E-state index contributed by atoms with van der Waals surface area (Å²) in [5.41, 5.74) is 7.52. The Kier molecular flexibility index (Phi) is 1.74. The summed E-state index contributed by atoms with van der Waals surface area (Å²) in [6, 6.07) is 5.11. The summed E-state index contributed by atoms with van der Waals surface area (Å²) in [7, 11) is 0. The lowest BCUT2D eigenvalue weighted by Gasteiger charge is -1.91. The topological polar surface area (TPSA) is 104 Å². The Morgan fingerprint density at radius 1 is 1.57 bits per heavy atom. The van der Waals surface area contributed by atoms with Gasteiger partial charge in [0.25, 0.3) is 0 Å². The van der Waals surface area contributed by atoms with Crippen LogP contribution in [0.5, 0.6) is 0 Å². The Balaban J connectivity index is 2.46. The number of carbonyl (C=O) groups is 1. The third-order valence-corrected chi connectivity index (χ3v) is 1.73. The van der Waals surface area contributed by atoms with E-state index in [1.54, 1.807) is 18.2 Å². The van der Waals surface area contributed by atoms with E-state index in [0.29, 0.717) is 16.7 Å². The molecule has 14 heavy (non-hydrogen) atoms. The van der Waals surface area contributed by atoms with Crippen LogP contribution < -0.4 is 11.1 Å². The normalized spacial score (nSPS) is 10.3. The Morgan fingerprint density at radius 3 is 3.07 bits per heavy atom. The lowest BCUT2D eigenvalue weighted by molar-refractivity contribution is 0.209. The van der Waals surface area contributed by atoms with E-state index >= 15 is 0 Å². The predicted octanol–water partition coefficient (Wildman–Crippen LogP) is 1.23. The number of nitrogens with zero attached hydrogens (tertiary/aromatic N) is 1. The second-order valence-corrected chi connectivity index (χ2v) is 2.79. The molecule has 0 spiro atoms. The number of nitrogen functional groups attached to an aromatic ring is 1. The number of benzene rings is 1. The standard InChI is InChI=1S/C8H8N4O2/c9-4-1-2-5-6(3-4)11-7(10-5)12-8(13)14/h1-3H,9H2,(H,13,14)(H2,10,11,12). The zero-order valence-corrected chi connectivity index (χ0v) is 7.11. The van der Waals surface area contributed by atoms with Gasteiger partial charge in [0, 0.05) is 5.69 Å². The van der Waals surface area contributed by atoms with Crippen molar-refractivity contribution in [2.24, 2.45) is 0 Å². The Bertz CT molecular complexity index is 491. The van der Waals surface area contributed by atoms with Gasteiger partial charge in [-0.3, -0.25) is 5.32 Å². The van der Waals surface area contributed by atoms with Crippen molar-refractivity contribution in [2.75, 3.05) is 11.1 Å². The van der Waals surface area contributed by atoms with Gasteiger partial charge in [-0.1, -0.05) is 0 Å². The minimum atomic E-state index is -1.16. The van der Waals surface area contributed by atoms with Crippen LogP contribution in [0.1, 0.15) is 0 Å². The number of fused-ring (bicyclic) bond motifs is 1. The number of amides is 1. The summed E-state index contributed by atoms with van der Waals surface area (Å²) in [6.45, 7) is 0. The van der Waals surface area contributed by atoms with Gasteiger partial charge in [0.2, 0.25) is 5.95 Å². The number of hydrogen-bond acceptors (Lipinski definition) is 3. The number of aromatic nitrogens is 2. The van der Waals surface area contributed by atoms with Gasteiger partial charge in [0.05, 0.1) is 11.0 Å².